The van der Waals surface area contributed by atoms with Crippen LogP contribution in [0.25, 0.3) is 0 Å². The Morgan fingerprint density at radius 1 is 1.00 bits per heavy atom. The molecular weight excluding hydrogens is 388 g/mol. The Balaban J connectivity index is 2.45. The molecule has 28 heavy (non-hydrogen) atoms. The first kappa shape index (κ1) is 23.5. The van der Waals surface area contributed by atoms with Crippen LogP contribution in [0.4, 0.5) is 0 Å². The summed E-state index contributed by atoms with van der Waals surface area (Å²) in [7, 11) is -4.05. The lowest BCUT2D eigenvalue weighted by Crippen LogP contribution is -2.49. The van der Waals surface area contributed by atoms with Gasteiger partial charge in [0.2, 0.25) is 21.8 Å². The predicted octanol–water partition coefficient (Wildman–Crippen LogP) is -0.830. The fraction of sp³-hybridized carbons (Fsp3) is 0.471. The number of amides is 2. The van der Waals surface area contributed by atoms with Gasteiger partial charge >= 0.3 is 5.97 Å². The second-order valence-corrected chi connectivity index (χ2v) is 7.72. The van der Waals surface area contributed by atoms with Crippen molar-refractivity contribution in [2.45, 2.75) is 36.6 Å². The summed E-state index contributed by atoms with van der Waals surface area (Å²) < 4.78 is 26.4. The van der Waals surface area contributed by atoms with E-state index in [0.29, 0.717) is 13.0 Å². The number of hydrogen-bond acceptors (Lipinski definition) is 6. The maximum Gasteiger partial charge on any atom is 0.323 e. The maximum absolute atomic E-state index is 12.2. The van der Waals surface area contributed by atoms with Crippen molar-refractivity contribution in [2.75, 3.05) is 19.6 Å². The summed E-state index contributed by atoms with van der Waals surface area (Å²) in [4.78, 5) is 34.6. The Morgan fingerprint density at radius 2 is 1.68 bits per heavy atom. The third kappa shape index (κ3) is 8.93. The topological polar surface area (TPSA) is 168 Å². The van der Waals surface area contributed by atoms with Crippen LogP contribution in [0.3, 0.4) is 0 Å². The van der Waals surface area contributed by atoms with E-state index in [1.807, 2.05) is 4.72 Å². The van der Waals surface area contributed by atoms with Crippen LogP contribution >= 0.6 is 0 Å². The molecule has 0 aliphatic carbocycles. The zero-order valence-electron chi connectivity index (χ0n) is 15.4. The van der Waals surface area contributed by atoms with E-state index >= 15 is 0 Å². The van der Waals surface area contributed by atoms with Gasteiger partial charge in [-0.05, 0) is 31.5 Å². The summed E-state index contributed by atoms with van der Waals surface area (Å²) >= 11 is 0. The zero-order valence-corrected chi connectivity index (χ0v) is 16.2. The Kier molecular flexibility index (Phi) is 10.1. The van der Waals surface area contributed by atoms with Crippen molar-refractivity contribution in [1.29, 1.82) is 0 Å². The van der Waals surface area contributed by atoms with Gasteiger partial charge in [-0.15, -0.1) is 0 Å². The summed E-state index contributed by atoms with van der Waals surface area (Å²) in [6.45, 7) is -0.233. The van der Waals surface area contributed by atoms with Crippen molar-refractivity contribution in [1.82, 2.24) is 15.4 Å². The van der Waals surface area contributed by atoms with Crippen molar-refractivity contribution >= 4 is 27.8 Å². The lowest BCUT2D eigenvalue weighted by atomic mass is 10.2. The maximum atomic E-state index is 12.2. The lowest BCUT2D eigenvalue weighted by molar-refractivity contribution is -0.139. The highest BCUT2D eigenvalue weighted by Crippen LogP contribution is 2.08. The third-order valence-corrected chi connectivity index (χ3v) is 5.19. The van der Waals surface area contributed by atoms with E-state index in [4.69, 9.17) is 5.73 Å². The van der Waals surface area contributed by atoms with Crippen molar-refractivity contribution < 1.29 is 27.9 Å². The molecule has 0 spiro atoms. The summed E-state index contributed by atoms with van der Waals surface area (Å²) in [6, 6.07) is 5.73. The predicted molar refractivity (Wildman–Crippen MR) is 102 cm³/mol. The molecule has 1 atom stereocenters. The number of carbonyl (C=O) groups excluding carboxylic acids is 2. The van der Waals surface area contributed by atoms with E-state index in [1.54, 1.807) is 6.07 Å². The molecular formula is C17H26N4O6S. The largest absolute Gasteiger partial charge is 0.480 e. The summed E-state index contributed by atoms with van der Waals surface area (Å²) in [5.41, 5.74) is 5.36. The van der Waals surface area contributed by atoms with Gasteiger partial charge < -0.3 is 21.5 Å². The number of rotatable bonds is 13. The molecule has 0 unspecified atom stereocenters. The molecule has 11 heteroatoms. The molecule has 0 saturated heterocycles. The monoisotopic (exact) mass is 414 g/mol. The molecule has 0 fully saturated rings. The highest BCUT2D eigenvalue weighted by atomic mass is 32.2. The number of carboxylic acid groups (broad SMARTS) is 1. The number of aliphatic carboxylic acids is 1. The van der Waals surface area contributed by atoms with Crippen LogP contribution in [0.5, 0.6) is 0 Å². The van der Waals surface area contributed by atoms with E-state index in [2.05, 4.69) is 10.6 Å². The highest BCUT2D eigenvalue weighted by molar-refractivity contribution is 7.89. The number of carbonyl (C=O) groups is 3. The van der Waals surface area contributed by atoms with Crippen LogP contribution in [-0.4, -0.2) is 57.0 Å². The first-order chi connectivity index (χ1) is 13.3. The van der Waals surface area contributed by atoms with Gasteiger partial charge in [0, 0.05) is 13.0 Å². The number of nitrogens with one attached hydrogen (secondary N) is 3. The minimum atomic E-state index is -4.05. The molecule has 2 amide bonds. The zero-order chi connectivity index (χ0) is 21.0. The molecule has 0 heterocycles. The quantitative estimate of drug-likeness (QED) is 0.262. The van der Waals surface area contributed by atoms with Crippen molar-refractivity contribution in [3.63, 3.8) is 0 Å². The normalized spacial score (nSPS) is 12.2. The Labute approximate surface area is 163 Å². The Bertz CT molecular complexity index is 754. The average Bonchev–Trinajstić information content (AvgIpc) is 2.67. The molecule has 156 valence electrons. The second-order valence-electron chi connectivity index (χ2n) is 6.01. The molecule has 1 aromatic carbocycles. The van der Waals surface area contributed by atoms with Crippen LogP contribution < -0.4 is 21.1 Å². The second kappa shape index (κ2) is 12.1. The van der Waals surface area contributed by atoms with Crippen LogP contribution in [0, 0.1) is 0 Å². The molecule has 10 nitrogen and oxygen atoms in total. The Morgan fingerprint density at radius 3 is 2.29 bits per heavy atom. The molecule has 0 radical (unpaired) electrons. The molecule has 0 aliphatic heterocycles. The molecule has 0 saturated carbocycles. The van der Waals surface area contributed by atoms with E-state index in [9.17, 15) is 27.9 Å². The van der Waals surface area contributed by atoms with Crippen LogP contribution in [-0.2, 0) is 24.4 Å². The van der Waals surface area contributed by atoms with Gasteiger partial charge in [0.15, 0.2) is 0 Å². The summed E-state index contributed by atoms with van der Waals surface area (Å²) in [5.74, 6) is -2.36. The molecule has 1 rings (SSSR count). The highest BCUT2D eigenvalue weighted by Gasteiger charge is 2.25. The van der Waals surface area contributed by atoms with Gasteiger partial charge in [-0.1, -0.05) is 24.6 Å². The minimum Gasteiger partial charge on any atom is -0.480 e. The first-order valence-electron chi connectivity index (χ1n) is 8.80. The van der Waals surface area contributed by atoms with Crippen LogP contribution in [0.1, 0.15) is 25.7 Å². The number of benzene rings is 1. The van der Waals surface area contributed by atoms with Gasteiger partial charge in [-0.25, -0.2) is 8.42 Å². The van der Waals surface area contributed by atoms with E-state index in [-0.39, 0.29) is 23.8 Å². The fourth-order valence-electron chi connectivity index (χ4n) is 2.19. The van der Waals surface area contributed by atoms with Gasteiger partial charge in [0.05, 0.1) is 11.4 Å². The Hall–Kier alpha value is -2.50. The number of nitrogens with two attached hydrogens (primary N) is 1. The fourth-order valence-corrected chi connectivity index (χ4v) is 3.40. The molecule has 0 bridgehead atoms. The van der Waals surface area contributed by atoms with Crippen molar-refractivity contribution in [2.24, 2.45) is 5.73 Å². The molecule has 0 aromatic heterocycles. The number of carboxylic acids is 1. The van der Waals surface area contributed by atoms with E-state index < -0.39 is 34.5 Å². The van der Waals surface area contributed by atoms with Gasteiger partial charge in [0.25, 0.3) is 0 Å². The van der Waals surface area contributed by atoms with Crippen LogP contribution in [0.2, 0.25) is 0 Å². The SMILES string of the molecule is NCCCCCC(=O)NCC(=O)NC[C@H](NS(=O)(=O)c1ccccc1)C(=O)O. The molecule has 1 aromatic rings. The van der Waals surface area contributed by atoms with Gasteiger partial charge in [0.1, 0.15) is 6.04 Å². The van der Waals surface area contributed by atoms with E-state index in [0.717, 1.165) is 12.8 Å². The summed E-state index contributed by atoms with van der Waals surface area (Å²) in [5, 5.41) is 13.9. The number of sulfonamides is 1. The number of unbranched alkanes of at least 4 members (excludes halogenated alkanes) is 2. The van der Waals surface area contributed by atoms with E-state index in [1.165, 1.54) is 24.3 Å². The van der Waals surface area contributed by atoms with Gasteiger partial charge in [-0.2, -0.15) is 4.72 Å². The standard InChI is InChI=1S/C17H26N4O6S/c18-10-6-2-5-9-15(22)20-12-16(23)19-11-14(17(24)25)21-28(26,27)13-7-3-1-4-8-13/h1,3-4,7-8,14,21H,2,5-6,9-12,18H2,(H,19,23)(H,20,22)(H,24,25)/t14-/m0/s1. The summed E-state index contributed by atoms with van der Waals surface area (Å²) in [6.07, 6.45) is 2.57. The van der Waals surface area contributed by atoms with Crippen molar-refractivity contribution in [3.05, 3.63) is 30.3 Å². The molecule has 6 N–H and O–H groups in total. The smallest absolute Gasteiger partial charge is 0.323 e. The van der Waals surface area contributed by atoms with Gasteiger partial charge in [-0.3, -0.25) is 14.4 Å². The van der Waals surface area contributed by atoms with Crippen molar-refractivity contribution in [3.8, 4) is 0 Å². The van der Waals surface area contributed by atoms with Crippen LogP contribution in [0.15, 0.2) is 35.2 Å². The molecule has 0 aliphatic rings. The third-order valence-electron chi connectivity index (χ3n) is 3.71. The average molecular weight is 414 g/mol. The first-order valence-corrected chi connectivity index (χ1v) is 10.3. The lowest BCUT2D eigenvalue weighted by Gasteiger charge is -2.16. The number of hydrogen-bond donors (Lipinski definition) is 5. The minimum absolute atomic E-state index is 0.0884.